The Morgan fingerprint density at radius 3 is 2.38 bits per heavy atom. The number of anilines is 1. The van der Waals surface area contributed by atoms with Gasteiger partial charge >= 0.3 is 6.03 Å². The fourth-order valence-electron chi connectivity index (χ4n) is 4.15. The van der Waals surface area contributed by atoms with E-state index in [2.05, 4.69) is 9.88 Å². The van der Waals surface area contributed by atoms with Crippen LogP contribution in [0.15, 0.2) is 90.6 Å². The van der Waals surface area contributed by atoms with Crippen LogP contribution in [-0.2, 0) is 16.1 Å². The molecule has 1 aliphatic rings. The summed E-state index contributed by atoms with van der Waals surface area (Å²) in [5, 5.41) is 3.17. The molecule has 4 aromatic rings. The zero-order valence-corrected chi connectivity index (χ0v) is 18.4. The molecule has 0 spiro atoms. The van der Waals surface area contributed by atoms with Gasteiger partial charge in [-0.25, -0.2) is 9.69 Å². The number of nitrogens with zero attached hydrogens (tertiary/aromatic N) is 2. The predicted molar refractivity (Wildman–Crippen MR) is 129 cm³/mol. The van der Waals surface area contributed by atoms with E-state index in [0.29, 0.717) is 17.9 Å². The average Bonchev–Trinajstić information content (AvgIpc) is 3.19. The van der Waals surface area contributed by atoms with Crippen LogP contribution in [0.1, 0.15) is 11.1 Å². The minimum Gasteiger partial charge on any atom is -0.495 e. The van der Waals surface area contributed by atoms with Gasteiger partial charge in [0.1, 0.15) is 11.3 Å². The standard InChI is InChI=1S/C27H21N3O4/c1-34-24-14-8-7-13-23(24)30-26(32)21(25(31)28-27(30)33)15-19-17-29(16-18-9-3-2-4-10-18)22-12-6-5-11-20(19)22/h2-15,17H,16H2,1H3,(H,28,31,33). The van der Waals surface area contributed by atoms with Gasteiger partial charge in [0.15, 0.2) is 0 Å². The fraction of sp³-hybridized carbons (Fsp3) is 0.0741. The number of carbonyl (C=O) groups excluding carboxylic acids is 3. The van der Waals surface area contributed by atoms with Gasteiger partial charge in [0.2, 0.25) is 0 Å². The summed E-state index contributed by atoms with van der Waals surface area (Å²) in [5.74, 6) is -1.10. The summed E-state index contributed by atoms with van der Waals surface area (Å²) >= 11 is 0. The average molecular weight is 451 g/mol. The second-order valence-electron chi connectivity index (χ2n) is 7.84. The van der Waals surface area contributed by atoms with Crippen LogP contribution in [0.3, 0.4) is 0 Å². The Labute approximate surface area is 195 Å². The lowest BCUT2D eigenvalue weighted by Crippen LogP contribution is -2.54. The van der Waals surface area contributed by atoms with Crippen molar-refractivity contribution in [2.45, 2.75) is 6.54 Å². The molecule has 168 valence electrons. The molecule has 1 fully saturated rings. The molecule has 0 atom stereocenters. The van der Waals surface area contributed by atoms with E-state index < -0.39 is 17.8 Å². The lowest BCUT2D eigenvalue weighted by molar-refractivity contribution is -0.122. The summed E-state index contributed by atoms with van der Waals surface area (Å²) in [5.41, 5.74) is 2.94. The van der Waals surface area contributed by atoms with Gasteiger partial charge in [0.25, 0.3) is 11.8 Å². The predicted octanol–water partition coefficient (Wildman–Crippen LogP) is 4.36. The van der Waals surface area contributed by atoms with E-state index in [9.17, 15) is 14.4 Å². The Morgan fingerprint density at radius 1 is 0.882 bits per heavy atom. The van der Waals surface area contributed by atoms with Gasteiger partial charge in [0, 0.05) is 29.2 Å². The highest BCUT2D eigenvalue weighted by Gasteiger charge is 2.38. The molecule has 7 nitrogen and oxygen atoms in total. The van der Waals surface area contributed by atoms with Gasteiger partial charge < -0.3 is 9.30 Å². The Hall–Kier alpha value is -4.65. The van der Waals surface area contributed by atoms with Gasteiger partial charge in [0.05, 0.1) is 12.8 Å². The fourth-order valence-corrected chi connectivity index (χ4v) is 4.15. The van der Waals surface area contributed by atoms with Crippen LogP contribution >= 0.6 is 0 Å². The number of rotatable bonds is 5. The van der Waals surface area contributed by atoms with Gasteiger partial charge in [-0.05, 0) is 29.8 Å². The number of amides is 4. The van der Waals surface area contributed by atoms with Crippen LogP contribution in [0.2, 0.25) is 0 Å². The molecule has 0 aliphatic carbocycles. The zero-order valence-electron chi connectivity index (χ0n) is 18.4. The summed E-state index contributed by atoms with van der Waals surface area (Å²) in [4.78, 5) is 39.6. The molecule has 7 heteroatoms. The van der Waals surface area contributed by atoms with E-state index in [4.69, 9.17) is 4.74 Å². The second-order valence-corrected chi connectivity index (χ2v) is 7.84. The number of barbiturate groups is 1. The SMILES string of the molecule is COc1ccccc1N1C(=O)NC(=O)C(=Cc2cn(Cc3ccccc3)c3ccccc23)C1=O. The van der Waals surface area contributed by atoms with Crippen molar-refractivity contribution in [2.75, 3.05) is 12.0 Å². The monoisotopic (exact) mass is 451 g/mol. The minimum atomic E-state index is -0.817. The molecular formula is C27H21N3O4. The number of aromatic nitrogens is 1. The molecule has 0 bridgehead atoms. The van der Waals surface area contributed by atoms with Crippen molar-refractivity contribution < 1.29 is 19.1 Å². The highest BCUT2D eigenvalue weighted by atomic mass is 16.5. The summed E-state index contributed by atoms with van der Waals surface area (Å²) in [6.45, 7) is 0.635. The highest BCUT2D eigenvalue weighted by molar-refractivity contribution is 6.39. The zero-order chi connectivity index (χ0) is 23.7. The minimum absolute atomic E-state index is 0.131. The van der Waals surface area contributed by atoms with Crippen LogP contribution in [-0.4, -0.2) is 29.5 Å². The number of fused-ring (bicyclic) bond motifs is 1. The Balaban J connectivity index is 1.58. The normalized spacial score (nSPS) is 15.1. The Morgan fingerprint density at radius 2 is 1.59 bits per heavy atom. The van der Waals surface area contributed by atoms with Crippen LogP contribution in [0.25, 0.3) is 17.0 Å². The molecule has 0 saturated carbocycles. The summed E-state index contributed by atoms with van der Waals surface area (Å²) in [7, 11) is 1.45. The first-order valence-corrected chi connectivity index (χ1v) is 10.7. The molecule has 1 aliphatic heterocycles. The third-order valence-corrected chi connectivity index (χ3v) is 5.74. The van der Waals surface area contributed by atoms with Gasteiger partial charge in [-0.2, -0.15) is 0 Å². The van der Waals surface area contributed by atoms with E-state index in [0.717, 1.165) is 21.4 Å². The first-order valence-electron chi connectivity index (χ1n) is 10.7. The first kappa shape index (κ1) is 21.2. The third kappa shape index (κ3) is 3.73. The van der Waals surface area contributed by atoms with Crippen LogP contribution in [0.5, 0.6) is 5.75 Å². The van der Waals surface area contributed by atoms with Gasteiger partial charge in [-0.3, -0.25) is 14.9 Å². The molecule has 1 saturated heterocycles. The van der Waals surface area contributed by atoms with E-state index in [1.54, 1.807) is 24.3 Å². The van der Waals surface area contributed by atoms with Crippen molar-refractivity contribution >= 4 is 40.5 Å². The van der Waals surface area contributed by atoms with Crippen LogP contribution in [0.4, 0.5) is 10.5 Å². The quantitative estimate of drug-likeness (QED) is 0.361. The molecule has 1 N–H and O–H groups in total. The van der Waals surface area contributed by atoms with Crippen molar-refractivity contribution in [3.8, 4) is 5.75 Å². The van der Waals surface area contributed by atoms with E-state index >= 15 is 0 Å². The highest BCUT2D eigenvalue weighted by Crippen LogP contribution is 2.31. The molecule has 34 heavy (non-hydrogen) atoms. The van der Waals surface area contributed by atoms with Crippen LogP contribution in [0, 0.1) is 0 Å². The van der Waals surface area contributed by atoms with Gasteiger partial charge in [-0.15, -0.1) is 0 Å². The maximum Gasteiger partial charge on any atom is 0.336 e. The lowest BCUT2D eigenvalue weighted by atomic mass is 10.1. The van der Waals surface area contributed by atoms with Crippen molar-refractivity contribution in [3.63, 3.8) is 0 Å². The number of methoxy groups -OCH3 is 1. The second kappa shape index (κ2) is 8.71. The number of para-hydroxylation sites is 3. The molecule has 0 unspecified atom stereocenters. The number of hydrogen-bond acceptors (Lipinski definition) is 4. The number of carbonyl (C=O) groups is 3. The molecule has 0 radical (unpaired) electrons. The Bertz CT molecular complexity index is 1450. The molecule has 5 rings (SSSR count). The number of nitrogens with one attached hydrogen (secondary N) is 1. The van der Waals surface area contributed by atoms with Crippen molar-refractivity contribution in [2.24, 2.45) is 0 Å². The Kier molecular flexibility index (Phi) is 5.43. The number of benzene rings is 3. The molecule has 1 aromatic heterocycles. The molecule has 3 aromatic carbocycles. The summed E-state index contributed by atoms with van der Waals surface area (Å²) in [6, 6.07) is 23.7. The van der Waals surface area contributed by atoms with E-state index in [1.165, 1.54) is 13.2 Å². The lowest BCUT2D eigenvalue weighted by Gasteiger charge is -2.27. The van der Waals surface area contributed by atoms with E-state index in [-0.39, 0.29) is 11.3 Å². The number of ether oxygens (including phenoxy) is 1. The number of urea groups is 1. The molecule has 2 heterocycles. The van der Waals surface area contributed by atoms with Gasteiger partial charge in [-0.1, -0.05) is 60.7 Å². The first-order chi connectivity index (χ1) is 16.6. The largest absolute Gasteiger partial charge is 0.495 e. The molecular weight excluding hydrogens is 430 g/mol. The maximum absolute atomic E-state index is 13.4. The third-order valence-electron chi connectivity index (χ3n) is 5.74. The van der Waals surface area contributed by atoms with Crippen molar-refractivity contribution in [1.82, 2.24) is 9.88 Å². The van der Waals surface area contributed by atoms with Crippen molar-refractivity contribution in [3.05, 3.63) is 102 Å². The van der Waals surface area contributed by atoms with E-state index in [1.807, 2.05) is 60.8 Å². The maximum atomic E-state index is 13.4. The molecule has 4 amide bonds. The van der Waals surface area contributed by atoms with Crippen LogP contribution < -0.4 is 15.0 Å². The summed E-state index contributed by atoms with van der Waals surface area (Å²) in [6.07, 6.45) is 3.45. The smallest absolute Gasteiger partial charge is 0.336 e. The number of hydrogen-bond donors (Lipinski definition) is 1. The summed E-state index contributed by atoms with van der Waals surface area (Å²) < 4.78 is 7.39. The van der Waals surface area contributed by atoms with Crippen molar-refractivity contribution in [1.29, 1.82) is 0 Å². The topological polar surface area (TPSA) is 80.6 Å². The number of imide groups is 2.